The Morgan fingerprint density at radius 1 is 1.44 bits per heavy atom. The summed E-state index contributed by atoms with van der Waals surface area (Å²) < 4.78 is 5.16. The fraction of sp³-hybridized carbons (Fsp3) is 0.385. The minimum Gasteiger partial charge on any atom is -0.497 e. The number of hydrogen-bond acceptors (Lipinski definition) is 4. The summed E-state index contributed by atoms with van der Waals surface area (Å²) in [7, 11) is 1.60. The number of rotatable bonds is 2. The fourth-order valence-electron chi connectivity index (χ4n) is 2.48. The Morgan fingerprint density at radius 3 is 3.06 bits per heavy atom. The van der Waals surface area contributed by atoms with Crippen molar-refractivity contribution < 1.29 is 4.74 Å². The summed E-state index contributed by atoms with van der Waals surface area (Å²) >= 11 is 0. The predicted octanol–water partition coefficient (Wildman–Crippen LogP) is 1.36. The minimum atomic E-state index is -0.306. The first-order valence-corrected chi connectivity index (χ1v) is 6.09. The van der Waals surface area contributed by atoms with Crippen LogP contribution in [-0.4, -0.2) is 23.6 Å². The molecule has 1 aliphatic rings. The van der Waals surface area contributed by atoms with Crippen molar-refractivity contribution in [2.45, 2.75) is 18.9 Å². The van der Waals surface area contributed by atoms with Gasteiger partial charge in [-0.3, -0.25) is 0 Å². The van der Waals surface area contributed by atoms with E-state index in [0.29, 0.717) is 11.3 Å². The van der Waals surface area contributed by atoms with Crippen LogP contribution in [0, 0.1) is 0 Å². The normalized spacial score (nSPS) is 19.3. The standard InChI is InChI=1S/C13H15N3O2/c1-18-8-4-5-9-11(7-8)15-13(17)16-12(9)10-3-2-6-14-10/h4-5,7,10,14H,2-3,6H2,1H3,(H,15,16,17). The van der Waals surface area contributed by atoms with Gasteiger partial charge in [0.2, 0.25) is 0 Å². The second-order valence-corrected chi connectivity index (χ2v) is 4.49. The average Bonchev–Trinajstić information content (AvgIpc) is 2.90. The molecule has 0 aliphatic carbocycles. The Labute approximate surface area is 104 Å². The number of aromatic amines is 1. The molecule has 0 saturated carbocycles. The lowest BCUT2D eigenvalue weighted by Gasteiger charge is -2.13. The van der Waals surface area contributed by atoms with E-state index in [-0.39, 0.29) is 11.7 Å². The molecular formula is C13H15N3O2. The molecule has 1 aromatic heterocycles. The minimum absolute atomic E-state index is 0.219. The molecule has 2 N–H and O–H groups in total. The fourth-order valence-corrected chi connectivity index (χ4v) is 2.48. The van der Waals surface area contributed by atoms with Crippen LogP contribution < -0.4 is 15.7 Å². The highest BCUT2D eigenvalue weighted by molar-refractivity contribution is 5.82. The molecule has 2 aromatic rings. The molecule has 18 heavy (non-hydrogen) atoms. The molecule has 1 aromatic carbocycles. The van der Waals surface area contributed by atoms with Crippen molar-refractivity contribution in [3.05, 3.63) is 34.4 Å². The molecule has 0 radical (unpaired) electrons. The average molecular weight is 245 g/mol. The maximum Gasteiger partial charge on any atom is 0.345 e. The summed E-state index contributed by atoms with van der Waals surface area (Å²) in [6.45, 7) is 0.993. The molecule has 0 amide bonds. The highest BCUT2D eigenvalue weighted by Crippen LogP contribution is 2.27. The van der Waals surface area contributed by atoms with E-state index in [0.717, 1.165) is 30.5 Å². The van der Waals surface area contributed by atoms with Crippen molar-refractivity contribution in [1.29, 1.82) is 0 Å². The van der Waals surface area contributed by atoms with E-state index in [2.05, 4.69) is 15.3 Å². The van der Waals surface area contributed by atoms with Crippen LogP contribution >= 0.6 is 0 Å². The molecule has 1 fully saturated rings. The molecule has 2 heterocycles. The van der Waals surface area contributed by atoms with Crippen molar-refractivity contribution in [2.75, 3.05) is 13.7 Å². The summed E-state index contributed by atoms with van der Waals surface area (Å²) in [5, 5.41) is 4.37. The maximum absolute atomic E-state index is 11.6. The van der Waals surface area contributed by atoms with E-state index in [1.54, 1.807) is 13.2 Å². The van der Waals surface area contributed by atoms with Crippen LogP contribution in [0.3, 0.4) is 0 Å². The third kappa shape index (κ3) is 1.86. The van der Waals surface area contributed by atoms with Crippen LogP contribution in [0.4, 0.5) is 0 Å². The van der Waals surface area contributed by atoms with Gasteiger partial charge in [0.05, 0.1) is 12.6 Å². The number of nitrogens with one attached hydrogen (secondary N) is 2. The molecule has 0 spiro atoms. The van der Waals surface area contributed by atoms with Crippen LogP contribution in [0.25, 0.3) is 10.9 Å². The number of ether oxygens (including phenoxy) is 1. The molecule has 5 nitrogen and oxygen atoms in total. The smallest absolute Gasteiger partial charge is 0.345 e. The Morgan fingerprint density at radius 2 is 2.33 bits per heavy atom. The monoisotopic (exact) mass is 245 g/mol. The molecule has 3 rings (SSSR count). The second-order valence-electron chi connectivity index (χ2n) is 4.49. The zero-order valence-electron chi connectivity index (χ0n) is 10.2. The first-order chi connectivity index (χ1) is 8.78. The van der Waals surface area contributed by atoms with Gasteiger partial charge in [-0.25, -0.2) is 4.79 Å². The summed E-state index contributed by atoms with van der Waals surface area (Å²) in [6, 6.07) is 5.85. The molecule has 94 valence electrons. The van der Waals surface area contributed by atoms with Gasteiger partial charge >= 0.3 is 5.69 Å². The Hall–Kier alpha value is -1.88. The molecular weight excluding hydrogens is 230 g/mol. The van der Waals surface area contributed by atoms with Crippen molar-refractivity contribution in [1.82, 2.24) is 15.3 Å². The highest BCUT2D eigenvalue weighted by atomic mass is 16.5. The number of fused-ring (bicyclic) bond motifs is 1. The number of H-pyrrole nitrogens is 1. The van der Waals surface area contributed by atoms with Gasteiger partial charge < -0.3 is 15.0 Å². The Kier molecular flexibility index (Phi) is 2.76. The van der Waals surface area contributed by atoms with Gasteiger partial charge in [-0.2, -0.15) is 4.98 Å². The lowest BCUT2D eigenvalue weighted by molar-refractivity contribution is 0.415. The number of aromatic nitrogens is 2. The molecule has 1 unspecified atom stereocenters. The summed E-state index contributed by atoms with van der Waals surface area (Å²) in [5.74, 6) is 0.714. The number of hydrogen-bond donors (Lipinski definition) is 2. The summed E-state index contributed by atoms with van der Waals surface area (Å²) in [6.07, 6.45) is 2.17. The van der Waals surface area contributed by atoms with E-state index in [4.69, 9.17) is 4.74 Å². The number of methoxy groups -OCH3 is 1. The Bertz CT molecular complexity index is 630. The van der Waals surface area contributed by atoms with Crippen molar-refractivity contribution in [3.63, 3.8) is 0 Å². The zero-order chi connectivity index (χ0) is 12.5. The third-order valence-electron chi connectivity index (χ3n) is 3.37. The van der Waals surface area contributed by atoms with Crippen LogP contribution in [0.5, 0.6) is 5.75 Å². The van der Waals surface area contributed by atoms with E-state index in [1.807, 2.05) is 12.1 Å². The summed E-state index contributed by atoms with van der Waals surface area (Å²) in [5.41, 5.74) is 1.31. The zero-order valence-corrected chi connectivity index (χ0v) is 10.2. The second kappa shape index (κ2) is 4.42. The van der Waals surface area contributed by atoms with Gasteiger partial charge in [-0.1, -0.05) is 0 Å². The lowest BCUT2D eigenvalue weighted by atomic mass is 10.1. The molecule has 1 saturated heterocycles. The molecule has 1 atom stereocenters. The van der Waals surface area contributed by atoms with E-state index in [1.165, 1.54) is 0 Å². The van der Waals surface area contributed by atoms with E-state index >= 15 is 0 Å². The Balaban J connectivity index is 2.20. The molecule has 5 heteroatoms. The van der Waals surface area contributed by atoms with Gasteiger partial charge in [-0.05, 0) is 31.5 Å². The number of nitrogens with zero attached hydrogens (tertiary/aromatic N) is 1. The predicted molar refractivity (Wildman–Crippen MR) is 68.9 cm³/mol. The van der Waals surface area contributed by atoms with Crippen LogP contribution in [0.1, 0.15) is 24.6 Å². The van der Waals surface area contributed by atoms with Gasteiger partial charge in [0.25, 0.3) is 0 Å². The van der Waals surface area contributed by atoms with Gasteiger partial charge in [0, 0.05) is 23.2 Å². The topological polar surface area (TPSA) is 67.0 Å². The molecule has 0 bridgehead atoms. The molecule has 1 aliphatic heterocycles. The third-order valence-corrected chi connectivity index (χ3v) is 3.37. The highest BCUT2D eigenvalue weighted by Gasteiger charge is 2.20. The first kappa shape index (κ1) is 11.2. The van der Waals surface area contributed by atoms with Gasteiger partial charge in [-0.15, -0.1) is 0 Å². The lowest BCUT2D eigenvalue weighted by Crippen LogP contribution is -2.20. The van der Waals surface area contributed by atoms with Gasteiger partial charge in [0.15, 0.2) is 0 Å². The van der Waals surface area contributed by atoms with Crippen molar-refractivity contribution >= 4 is 10.9 Å². The van der Waals surface area contributed by atoms with Crippen molar-refractivity contribution in [3.8, 4) is 5.75 Å². The first-order valence-electron chi connectivity index (χ1n) is 6.09. The van der Waals surface area contributed by atoms with Crippen LogP contribution in [0.2, 0.25) is 0 Å². The van der Waals surface area contributed by atoms with E-state index in [9.17, 15) is 4.79 Å². The van der Waals surface area contributed by atoms with Gasteiger partial charge in [0.1, 0.15) is 5.75 Å². The number of benzene rings is 1. The quantitative estimate of drug-likeness (QED) is 0.838. The van der Waals surface area contributed by atoms with E-state index < -0.39 is 0 Å². The summed E-state index contributed by atoms with van der Waals surface area (Å²) in [4.78, 5) is 18.5. The SMILES string of the molecule is COc1ccc2c(C3CCCN3)[nH]c(=O)nc2c1. The van der Waals surface area contributed by atoms with Crippen LogP contribution in [-0.2, 0) is 0 Å². The largest absolute Gasteiger partial charge is 0.497 e. The van der Waals surface area contributed by atoms with Crippen molar-refractivity contribution in [2.24, 2.45) is 0 Å². The van der Waals surface area contributed by atoms with Crippen LogP contribution in [0.15, 0.2) is 23.0 Å². The maximum atomic E-state index is 11.6.